The Bertz CT molecular complexity index is 613. The van der Waals surface area contributed by atoms with Crippen molar-refractivity contribution in [3.05, 3.63) is 57.7 Å². The van der Waals surface area contributed by atoms with Gasteiger partial charge in [0, 0.05) is 21.8 Å². The minimum absolute atomic E-state index is 0.176. The molecule has 2 aromatic rings. The first-order valence-electron chi connectivity index (χ1n) is 5.64. The number of ether oxygens (including phenoxy) is 1. The molecule has 0 aliphatic carbocycles. The van der Waals surface area contributed by atoms with Gasteiger partial charge in [-0.3, -0.25) is 0 Å². The fraction of sp³-hybridized carbons (Fsp3) is 0.143. The van der Waals surface area contributed by atoms with Gasteiger partial charge in [-0.2, -0.15) is 0 Å². The highest BCUT2D eigenvalue weighted by Crippen LogP contribution is 2.19. The van der Waals surface area contributed by atoms with E-state index in [4.69, 9.17) is 9.84 Å². The van der Waals surface area contributed by atoms with Gasteiger partial charge in [0.2, 0.25) is 5.88 Å². The molecule has 0 fully saturated rings. The van der Waals surface area contributed by atoms with Crippen LogP contribution in [0.5, 0.6) is 5.88 Å². The molecule has 0 aliphatic heterocycles. The number of carboxylic acids is 1. The van der Waals surface area contributed by atoms with Gasteiger partial charge in [-0.15, -0.1) is 0 Å². The van der Waals surface area contributed by atoms with Crippen LogP contribution in [0, 0.1) is 6.92 Å². The molecule has 2 rings (SSSR count). The number of aromatic nitrogens is 1. The predicted molar refractivity (Wildman–Crippen MR) is 74.4 cm³/mol. The second-order valence-corrected chi connectivity index (χ2v) is 4.88. The van der Waals surface area contributed by atoms with Crippen molar-refractivity contribution >= 4 is 21.9 Å². The zero-order valence-corrected chi connectivity index (χ0v) is 11.8. The number of carbonyl (C=O) groups is 1. The van der Waals surface area contributed by atoms with Gasteiger partial charge >= 0.3 is 5.97 Å². The van der Waals surface area contributed by atoms with Crippen molar-refractivity contribution in [3.8, 4) is 5.88 Å². The van der Waals surface area contributed by atoms with E-state index in [2.05, 4.69) is 20.9 Å². The second kappa shape index (κ2) is 5.84. The number of rotatable bonds is 4. The summed E-state index contributed by atoms with van der Waals surface area (Å²) in [6, 6.07) is 10.6. The molecule has 0 unspecified atom stereocenters. The second-order valence-electron chi connectivity index (χ2n) is 4.02. The number of aryl methyl sites for hydroxylation is 1. The molecule has 0 atom stereocenters. The van der Waals surface area contributed by atoms with E-state index in [9.17, 15) is 4.79 Å². The largest absolute Gasteiger partial charge is 0.478 e. The van der Waals surface area contributed by atoms with Gasteiger partial charge in [0.05, 0.1) is 5.56 Å². The van der Waals surface area contributed by atoms with E-state index >= 15 is 0 Å². The van der Waals surface area contributed by atoms with Crippen LogP contribution in [0.15, 0.2) is 40.9 Å². The van der Waals surface area contributed by atoms with Crippen LogP contribution in [0.2, 0.25) is 0 Å². The van der Waals surface area contributed by atoms with Crippen LogP contribution in [-0.2, 0) is 6.61 Å². The molecule has 0 saturated heterocycles. The summed E-state index contributed by atoms with van der Waals surface area (Å²) in [7, 11) is 0. The molecular formula is C14H12BrNO3. The fourth-order valence-corrected chi connectivity index (χ4v) is 2.00. The Labute approximate surface area is 119 Å². The van der Waals surface area contributed by atoms with Crippen LogP contribution in [-0.4, -0.2) is 16.1 Å². The van der Waals surface area contributed by atoms with Crippen molar-refractivity contribution in [1.29, 1.82) is 0 Å². The number of nitrogens with zero attached hydrogens (tertiary/aromatic N) is 1. The standard InChI is InChI=1S/C14H12BrNO3/c1-9-6-11(14(17)18)7-13(16-9)19-8-10-4-2-3-5-12(10)15/h2-7H,8H2,1H3,(H,17,18). The van der Waals surface area contributed by atoms with Crippen LogP contribution < -0.4 is 4.74 Å². The zero-order valence-electron chi connectivity index (χ0n) is 10.3. The highest BCUT2D eigenvalue weighted by atomic mass is 79.9. The average Bonchev–Trinajstić information content (AvgIpc) is 2.37. The maximum absolute atomic E-state index is 10.9. The Hall–Kier alpha value is -1.88. The molecular weight excluding hydrogens is 310 g/mol. The molecule has 1 aromatic heterocycles. The summed E-state index contributed by atoms with van der Waals surface area (Å²) in [6.45, 7) is 2.06. The maximum Gasteiger partial charge on any atom is 0.335 e. The van der Waals surface area contributed by atoms with E-state index in [1.54, 1.807) is 6.92 Å². The fourth-order valence-electron chi connectivity index (χ4n) is 1.60. The number of aromatic carboxylic acids is 1. The lowest BCUT2D eigenvalue weighted by Gasteiger charge is -2.08. The highest BCUT2D eigenvalue weighted by molar-refractivity contribution is 9.10. The summed E-state index contributed by atoms with van der Waals surface area (Å²) in [5.74, 6) is -0.676. The summed E-state index contributed by atoms with van der Waals surface area (Å²) in [4.78, 5) is 15.1. The minimum Gasteiger partial charge on any atom is -0.478 e. The van der Waals surface area contributed by atoms with Crippen molar-refractivity contribution in [3.63, 3.8) is 0 Å². The molecule has 19 heavy (non-hydrogen) atoms. The average molecular weight is 322 g/mol. The van der Waals surface area contributed by atoms with Crippen molar-refractivity contribution in [1.82, 2.24) is 4.98 Å². The van der Waals surface area contributed by atoms with Crippen molar-refractivity contribution < 1.29 is 14.6 Å². The number of hydrogen-bond acceptors (Lipinski definition) is 3. The first-order chi connectivity index (χ1) is 9.06. The van der Waals surface area contributed by atoms with E-state index in [1.807, 2.05) is 24.3 Å². The number of benzene rings is 1. The molecule has 4 nitrogen and oxygen atoms in total. The monoisotopic (exact) mass is 321 g/mol. The van der Waals surface area contributed by atoms with Gasteiger partial charge in [-0.1, -0.05) is 34.1 Å². The summed E-state index contributed by atoms with van der Waals surface area (Å²) in [5, 5.41) is 8.97. The Kier molecular flexibility index (Phi) is 4.16. The summed E-state index contributed by atoms with van der Waals surface area (Å²) in [5.41, 5.74) is 1.76. The smallest absolute Gasteiger partial charge is 0.335 e. The summed E-state index contributed by atoms with van der Waals surface area (Å²) in [6.07, 6.45) is 0. The predicted octanol–water partition coefficient (Wildman–Crippen LogP) is 3.43. The number of carboxylic acid groups (broad SMARTS) is 1. The first kappa shape index (κ1) is 13.5. The maximum atomic E-state index is 10.9. The molecule has 0 spiro atoms. The van der Waals surface area contributed by atoms with E-state index in [0.29, 0.717) is 18.2 Å². The van der Waals surface area contributed by atoms with Crippen LogP contribution in [0.25, 0.3) is 0 Å². The van der Waals surface area contributed by atoms with E-state index in [1.165, 1.54) is 12.1 Å². The molecule has 0 amide bonds. The minimum atomic E-state index is -0.990. The summed E-state index contributed by atoms with van der Waals surface area (Å²) >= 11 is 3.43. The third-order valence-electron chi connectivity index (χ3n) is 2.51. The molecule has 0 saturated carbocycles. The molecule has 5 heteroatoms. The van der Waals surface area contributed by atoms with E-state index in [-0.39, 0.29) is 5.56 Å². The molecule has 1 N–H and O–H groups in total. The van der Waals surface area contributed by atoms with Crippen LogP contribution in [0.3, 0.4) is 0 Å². The van der Waals surface area contributed by atoms with Crippen molar-refractivity contribution in [2.75, 3.05) is 0 Å². The van der Waals surface area contributed by atoms with Crippen LogP contribution in [0.1, 0.15) is 21.6 Å². The lowest BCUT2D eigenvalue weighted by molar-refractivity contribution is 0.0696. The van der Waals surface area contributed by atoms with Gasteiger partial charge in [-0.25, -0.2) is 9.78 Å². The molecule has 1 aromatic carbocycles. The highest BCUT2D eigenvalue weighted by Gasteiger charge is 2.08. The van der Waals surface area contributed by atoms with E-state index < -0.39 is 5.97 Å². The molecule has 0 aliphatic rings. The quantitative estimate of drug-likeness (QED) is 0.937. The first-order valence-corrected chi connectivity index (χ1v) is 6.44. The lowest BCUT2D eigenvalue weighted by atomic mass is 10.2. The number of hydrogen-bond donors (Lipinski definition) is 1. The van der Waals surface area contributed by atoms with Gasteiger partial charge in [0.1, 0.15) is 6.61 Å². The Morgan fingerprint density at radius 2 is 2.11 bits per heavy atom. The lowest BCUT2D eigenvalue weighted by Crippen LogP contribution is -2.03. The SMILES string of the molecule is Cc1cc(C(=O)O)cc(OCc2ccccc2Br)n1. The van der Waals surface area contributed by atoms with Gasteiger partial charge in [0.15, 0.2) is 0 Å². The number of pyridine rings is 1. The Morgan fingerprint density at radius 1 is 1.37 bits per heavy atom. The Balaban J connectivity index is 2.16. The third kappa shape index (κ3) is 3.54. The third-order valence-corrected chi connectivity index (χ3v) is 3.28. The van der Waals surface area contributed by atoms with Crippen molar-refractivity contribution in [2.45, 2.75) is 13.5 Å². The van der Waals surface area contributed by atoms with Gasteiger partial charge in [0.25, 0.3) is 0 Å². The van der Waals surface area contributed by atoms with Gasteiger partial charge in [-0.05, 0) is 19.1 Å². The Morgan fingerprint density at radius 3 is 2.79 bits per heavy atom. The molecule has 98 valence electrons. The summed E-state index contributed by atoms with van der Waals surface area (Å²) < 4.78 is 6.49. The van der Waals surface area contributed by atoms with E-state index in [0.717, 1.165) is 10.0 Å². The van der Waals surface area contributed by atoms with Crippen LogP contribution in [0.4, 0.5) is 0 Å². The normalized spacial score (nSPS) is 10.2. The molecule has 0 radical (unpaired) electrons. The van der Waals surface area contributed by atoms with Gasteiger partial charge < -0.3 is 9.84 Å². The number of halogens is 1. The topological polar surface area (TPSA) is 59.4 Å². The molecule has 1 heterocycles. The molecule has 0 bridgehead atoms. The van der Waals surface area contributed by atoms with Crippen molar-refractivity contribution in [2.24, 2.45) is 0 Å². The zero-order chi connectivity index (χ0) is 13.8. The van der Waals surface area contributed by atoms with Crippen LogP contribution >= 0.6 is 15.9 Å².